The van der Waals surface area contributed by atoms with Crippen LogP contribution in [0.15, 0.2) is 29.7 Å². The molecule has 0 fully saturated rings. The molecule has 0 aromatic heterocycles. The highest BCUT2D eigenvalue weighted by atomic mass is 16.5. The zero-order chi connectivity index (χ0) is 13.7. The number of para-hydroxylation sites is 1. The van der Waals surface area contributed by atoms with E-state index < -0.39 is 0 Å². The van der Waals surface area contributed by atoms with Crippen molar-refractivity contribution in [3.05, 3.63) is 40.8 Å². The van der Waals surface area contributed by atoms with Crippen molar-refractivity contribution in [1.82, 2.24) is 0 Å². The molecule has 100 valence electrons. The fourth-order valence-corrected chi connectivity index (χ4v) is 2.31. The Bertz CT molecular complexity index is 414. The molecule has 18 heavy (non-hydrogen) atoms. The third-order valence-corrected chi connectivity index (χ3v) is 3.30. The molecule has 1 aromatic rings. The molecular formula is C16H25NO. The lowest BCUT2D eigenvalue weighted by Gasteiger charge is -2.28. The Morgan fingerprint density at radius 2 is 1.67 bits per heavy atom. The maximum atomic E-state index is 5.63. The molecule has 0 aliphatic heterocycles. The van der Waals surface area contributed by atoms with Crippen LogP contribution in [0.2, 0.25) is 0 Å². The van der Waals surface area contributed by atoms with Crippen LogP contribution in [0, 0.1) is 13.8 Å². The van der Waals surface area contributed by atoms with E-state index in [4.69, 9.17) is 4.74 Å². The topological polar surface area (TPSA) is 12.5 Å². The van der Waals surface area contributed by atoms with Gasteiger partial charge in [-0.3, -0.25) is 0 Å². The quantitative estimate of drug-likeness (QED) is 0.714. The molecule has 0 amide bonds. The number of anilines is 1. The average molecular weight is 247 g/mol. The van der Waals surface area contributed by atoms with Crippen molar-refractivity contribution < 1.29 is 4.74 Å². The molecule has 0 aliphatic carbocycles. The number of aryl methyl sites for hydroxylation is 2. The van der Waals surface area contributed by atoms with Crippen LogP contribution in [-0.2, 0) is 4.74 Å². The molecule has 2 nitrogen and oxygen atoms in total. The lowest BCUT2D eigenvalue weighted by Crippen LogP contribution is -2.23. The van der Waals surface area contributed by atoms with E-state index in [2.05, 4.69) is 50.8 Å². The van der Waals surface area contributed by atoms with Gasteiger partial charge < -0.3 is 9.64 Å². The van der Waals surface area contributed by atoms with Crippen molar-refractivity contribution in [1.29, 1.82) is 0 Å². The Morgan fingerprint density at radius 1 is 1.11 bits per heavy atom. The molecule has 0 heterocycles. The number of ether oxygens (including phenoxy) is 1. The van der Waals surface area contributed by atoms with Crippen LogP contribution in [-0.4, -0.2) is 13.2 Å². The lowest BCUT2D eigenvalue weighted by atomic mass is 10.1. The molecule has 0 radical (unpaired) electrons. The molecule has 0 saturated heterocycles. The van der Waals surface area contributed by atoms with E-state index in [1.165, 1.54) is 22.5 Å². The molecular weight excluding hydrogens is 222 g/mol. The minimum absolute atomic E-state index is 0.716. The van der Waals surface area contributed by atoms with Crippen molar-refractivity contribution in [2.75, 3.05) is 18.1 Å². The summed E-state index contributed by atoms with van der Waals surface area (Å²) < 4.78 is 5.63. The van der Waals surface area contributed by atoms with E-state index in [-0.39, 0.29) is 0 Å². The normalized spacial score (nSPS) is 12.1. The number of benzene rings is 1. The van der Waals surface area contributed by atoms with E-state index in [9.17, 15) is 0 Å². The molecule has 2 heteroatoms. The van der Waals surface area contributed by atoms with Crippen molar-refractivity contribution in [3.63, 3.8) is 0 Å². The molecule has 0 saturated carbocycles. The van der Waals surface area contributed by atoms with Crippen molar-refractivity contribution in [2.24, 2.45) is 0 Å². The molecule has 0 spiro atoms. The Hall–Kier alpha value is -1.44. The maximum absolute atomic E-state index is 5.63. The summed E-state index contributed by atoms with van der Waals surface area (Å²) in [6.45, 7) is 14.3. The van der Waals surface area contributed by atoms with Gasteiger partial charge in [0.15, 0.2) is 0 Å². The first-order chi connectivity index (χ1) is 8.52. The van der Waals surface area contributed by atoms with Crippen molar-refractivity contribution >= 4 is 5.69 Å². The van der Waals surface area contributed by atoms with E-state index in [1.54, 1.807) is 0 Å². The van der Waals surface area contributed by atoms with Gasteiger partial charge in [0.1, 0.15) is 5.76 Å². The molecule has 0 aliphatic rings. The monoisotopic (exact) mass is 247 g/mol. The number of allylic oxidation sites excluding steroid dienone is 2. The molecule has 1 aromatic carbocycles. The predicted molar refractivity (Wildman–Crippen MR) is 78.9 cm³/mol. The van der Waals surface area contributed by atoms with Crippen LogP contribution in [0.1, 0.15) is 38.8 Å². The Labute approximate surface area is 111 Å². The maximum Gasteiger partial charge on any atom is 0.112 e. The Morgan fingerprint density at radius 3 is 2.11 bits per heavy atom. The second-order valence-corrected chi connectivity index (χ2v) is 4.56. The first kappa shape index (κ1) is 14.6. The molecule has 0 atom stereocenters. The highest BCUT2D eigenvalue weighted by Crippen LogP contribution is 2.28. The van der Waals surface area contributed by atoms with Gasteiger partial charge in [0.25, 0.3) is 0 Å². The molecule has 0 N–H and O–H groups in total. The van der Waals surface area contributed by atoms with Crippen LogP contribution in [0.25, 0.3) is 0 Å². The summed E-state index contributed by atoms with van der Waals surface area (Å²) in [7, 11) is 0. The first-order valence-electron chi connectivity index (χ1n) is 6.66. The number of hydrogen-bond acceptors (Lipinski definition) is 2. The fraction of sp³-hybridized carbons (Fsp3) is 0.500. The van der Waals surface area contributed by atoms with Crippen LogP contribution in [0.3, 0.4) is 0 Å². The van der Waals surface area contributed by atoms with Gasteiger partial charge in [0.05, 0.1) is 12.3 Å². The smallest absolute Gasteiger partial charge is 0.112 e. The zero-order valence-electron chi connectivity index (χ0n) is 12.5. The third kappa shape index (κ3) is 3.06. The minimum atomic E-state index is 0.716. The van der Waals surface area contributed by atoms with Crippen molar-refractivity contribution in [3.8, 4) is 0 Å². The van der Waals surface area contributed by atoms with E-state index in [0.717, 1.165) is 12.3 Å². The van der Waals surface area contributed by atoms with E-state index in [0.29, 0.717) is 6.61 Å². The highest BCUT2D eigenvalue weighted by molar-refractivity contribution is 5.62. The van der Waals surface area contributed by atoms with Crippen molar-refractivity contribution in [2.45, 2.75) is 41.5 Å². The van der Waals surface area contributed by atoms with E-state index in [1.807, 2.05) is 13.8 Å². The van der Waals surface area contributed by atoms with Gasteiger partial charge in [-0.15, -0.1) is 0 Å². The highest BCUT2D eigenvalue weighted by Gasteiger charge is 2.14. The van der Waals surface area contributed by atoms with Crippen LogP contribution in [0.5, 0.6) is 0 Å². The van der Waals surface area contributed by atoms with E-state index >= 15 is 0 Å². The van der Waals surface area contributed by atoms with Gasteiger partial charge in [-0.25, -0.2) is 0 Å². The van der Waals surface area contributed by atoms with Gasteiger partial charge in [0.2, 0.25) is 0 Å². The fourth-order valence-electron chi connectivity index (χ4n) is 2.31. The molecule has 0 bridgehead atoms. The lowest BCUT2D eigenvalue weighted by molar-refractivity contribution is 0.227. The summed E-state index contributed by atoms with van der Waals surface area (Å²) in [5.74, 6) is 1.00. The first-order valence-corrected chi connectivity index (χ1v) is 6.66. The summed E-state index contributed by atoms with van der Waals surface area (Å²) in [5.41, 5.74) is 5.11. The number of rotatable bonds is 5. The van der Waals surface area contributed by atoms with Crippen LogP contribution in [0.4, 0.5) is 5.69 Å². The SMILES string of the molecule is CCO/C(C)=C(/C)N(CC)c1c(C)cccc1C. The summed E-state index contributed by atoms with van der Waals surface area (Å²) in [5, 5.41) is 0. The second kappa shape index (κ2) is 6.48. The van der Waals surface area contributed by atoms with Gasteiger partial charge in [0, 0.05) is 12.2 Å². The van der Waals surface area contributed by atoms with Gasteiger partial charge in [-0.05, 0) is 52.7 Å². The Kier molecular flexibility index (Phi) is 5.26. The van der Waals surface area contributed by atoms with Crippen LogP contribution >= 0.6 is 0 Å². The summed E-state index contributed by atoms with van der Waals surface area (Å²) in [6, 6.07) is 6.43. The average Bonchev–Trinajstić information content (AvgIpc) is 2.33. The number of nitrogens with zero attached hydrogens (tertiary/aromatic N) is 1. The van der Waals surface area contributed by atoms with Gasteiger partial charge in [-0.1, -0.05) is 18.2 Å². The third-order valence-electron chi connectivity index (χ3n) is 3.30. The minimum Gasteiger partial charge on any atom is -0.497 e. The van der Waals surface area contributed by atoms with Gasteiger partial charge >= 0.3 is 0 Å². The summed E-state index contributed by atoms with van der Waals surface area (Å²) >= 11 is 0. The number of hydrogen-bond donors (Lipinski definition) is 0. The zero-order valence-corrected chi connectivity index (χ0v) is 12.5. The molecule has 1 rings (SSSR count). The second-order valence-electron chi connectivity index (χ2n) is 4.56. The summed E-state index contributed by atoms with van der Waals surface area (Å²) in [6.07, 6.45) is 0. The summed E-state index contributed by atoms with van der Waals surface area (Å²) in [4.78, 5) is 2.33. The Balaban J connectivity index is 3.22. The van der Waals surface area contributed by atoms with Gasteiger partial charge in [-0.2, -0.15) is 0 Å². The van der Waals surface area contributed by atoms with Crippen LogP contribution < -0.4 is 4.90 Å². The predicted octanol–water partition coefficient (Wildman–Crippen LogP) is 4.42. The standard InChI is InChI=1S/C16H25NO/c1-7-17(14(5)15(6)18-8-2)16-12(3)10-9-11-13(16)4/h9-11H,7-8H2,1-6H3/b15-14-. The largest absolute Gasteiger partial charge is 0.497 e. The molecule has 0 unspecified atom stereocenters.